The van der Waals surface area contributed by atoms with E-state index < -0.39 is 9.84 Å². The minimum Gasteiger partial charge on any atom is -0.304 e. The first-order valence-corrected chi connectivity index (χ1v) is 8.88. The van der Waals surface area contributed by atoms with Gasteiger partial charge in [-0.3, -0.25) is 0 Å². The molecule has 2 aromatic rings. The first-order chi connectivity index (χ1) is 9.88. The quantitative estimate of drug-likeness (QED) is 0.919. The van der Waals surface area contributed by atoms with E-state index in [4.69, 9.17) is 0 Å². The first kappa shape index (κ1) is 15.7. The van der Waals surface area contributed by atoms with Gasteiger partial charge >= 0.3 is 0 Å². The van der Waals surface area contributed by atoms with E-state index in [1.165, 1.54) is 11.8 Å². The van der Waals surface area contributed by atoms with Crippen molar-refractivity contribution in [2.75, 3.05) is 6.26 Å². The molecule has 0 bridgehead atoms. The van der Waals surface area contributed by atoms with Crippen molar-refractivity contribution in [1.82, 2.24) is 5.32 Å². The molecule has 4 heteroatoms. The van der Waals surface area contributed by atoms with Gasteiger partial charge in [0.25, 0.3) is 0 Å². The molecule has 1 unspecified atom stereocenters. The van der Waals surface area contributed by atoms with E-state index in [1.807, 2.05) is 30.3 Å². The van der Waals surface area contributed by atoms with Gasteiger partial charge in [0.2, 0.25) is 0 Å². The van der Waals surface area contributed by atoms with Crippen molar-refractivity contribution >= 4 is 9.84 Å². The predicted molar refractivity (Wildman–Crippen MR) is 86.0 cm³/mol. The van der Waals surface area contributed by atoms with Crippen LogP contribution in [0.5, 0.6) is 0 Å². The summed E-state index contributed by atoms with van der Waals surface area (Å²) in [6, 6.07) is 17.7. The summed E-state index contributed by atoms with van der Waals surface area (Å²) in [7, 11) is -3.13. The fraction of sp³-hybridized carbons (Fsp3) is 0.294. The van der Waals surface area contributed by atoms with Gasteiger partial charge in [-0.2, -0.15) is 0 Å². The third-order valence-corrected chi connectivity index (χ3v) is 4.74. The highest BCUT2D eigenvalue weighted by Gasteiger charge is 2.12. The number of benzene rings is 2. The summed E-state index contributed by atoms with van der Waals surface area (Å²) in [5, 5.41) is 3.52. The minimum atomic E-state index is -3.13. The third-order valence-electron chi connectivity index (χ3n) is 3.61. The summed E-state index contributed by atoms with van der Waals surface area (Å²) < 4.78 is 22.9. The summed E-state index contributed by atoms with van der Waals surface area (Å²) in [6.07, 6.45) is 1.22. The first-order valence-electron chi connectivity index (χ1n) is 6.99. The van der Waals surface area contributed by atoms with Gasteiger partial charge in [-0.1, -0.05) is 42.5 Å². The van der Waals surface area contributed by atoms with Crippen molar-refractivity contribution < 1.29 is 8.42 Å². The summed E-state index contributed by atoms with van der Waals surface area (Å²) in [6.45, 7) is 4.20. The van der Waals surface area contributed by atoms with Crippen LogP contribution in [-0.4, -0.2) is 14.7 Å². The Kier molecular flexibility index (Phi) is 4.80. The highest BCUT2D eigenvalue weighted by molar-refractivity contribution is 7.90. The summed E-state index contributed by atoms with van der Waals surface area (Å²) >= 11 is 0. The largest absolute Gasteiger partial charge is 0.304 e. The lowest BCUT2D eigenvalue weighted by atomic mass is 10.0. The van der Waals surface area contributed by atoms with Gasteiger partial charge in [-0.05, 0) is 37.1 Å². The number of sulfone groups is 1. The lowest BCUT2D eigenvalue weighted by Crippen LogP contribution is -2.22. The topological polar surface area (TPSA) is 46.2 Å². The van der Waals surface area contributed by atoms with Gasteiger partial charge in [0, 0.05) is 18.3 Å². The molecular weight excluding hydrogens is 282 g/mol. The standard InChI is InChI=1S/C17H21NO2S/c1-13(15-7-5-4-6-8-15)18-14(2)16-9-11-17(12-10-16)21(3,19)20/h4-14,18H,1-3H3/t13-,14?/m1/s1. The molecule has 2 aromatic carbocycles. The number of hydrogen-bond acceptors (Lipinski definition) is 3. The van der Waals surface area contributed by atoms with Crippen LogP contribution in [0.25, 0.3) is 0 Å². The predicted octanol–water partition coefficient (Wildman–Crippen LogP) is 3.50. The van der Waals surface area contributed by atoms with Gasteiger partial charge in [-0.25, -0.2) is 8.42 Å². The minimum absolute atomic E-state index is 0.147. The van der Waals surface area contributed by atoms with E-state index in [-0.39, 0.29) is 12.1 Å². The lowest BCUT2D eigenvalue weighted by molar-refractivity contribution is 0.494. The van der Waals surface area contributed by atoms with E-state index in [9.17, 15) is 8.42 Å². The normalized spacial score (nSPS) is 14.6. The van der Waals surface area contributed by atoms with Crippen LogP contribution in [0.4, 0.5) is 0 Å². The molecule has 0 aliphatic carbocycles. The second kappa shape index (κ2) is 6.41. The van der Waals surface area contributed by atoms with E-state index in [0.717, 1.165) is 5.56 Å². The SMILES string of the molecule is CC(N[C@H](C)c1ccccc1)c1ccc(S(C)(=O)=O)cc1. The Morgan fingerprint density at radius 2 is 1.29 bits per heavy atom. The smallest absolute Gasteiger partial charge is 0.175 e. The fourth-order valence-electron chi connectivity index (χ4n) is 2.31. The molecule has 3 nitrogen and oxygen atoms in total. The molecule has 2 rings (SSSR count). The van der Waals surface area contributed by atoms with Crippen LogP contribution >= 0.6 is 0 Å². The van der Waals surface area contributed by atoms with Crippen molar-refractivity contribution in [2.24, 2.45) is 0 Å². The zero-order chi connectivity index (χ0) is 15.5. The molecule has 0 amide bonds. The Balaban J connectivity index is 2.08. The van der Waals surface area contributed by atoms with Gasteiger partial charge < -0.3 is 5.32 Å². The fourth-order valence-corrected chi connectivity index (χ4v) is 2.94. The van der Waals surface area contributed by atoms with Crippen LogP contribution in [0.2, 0.25) is 0 Å². The average molecular weight is 303 g/mol. The Hall–Kier alpha value is -1.65. The Bertz CT molecular complexity index is 678. The molecule has 21 heavy (non-hydrogen) atoms. The van der Waals surface area contributed by atoms with Crippen LogP contribution in [0, 0.1) is 0 Å². The average Bonchev–Trinajstić information content (AvgIpc) is 2.47. The highest BCUT2D eigenvalue weighted by atomic mass is 32.2. The van der Waals surface area contributed by atoms with Crippen molar-refractivity contribution in [1.29, 1.82) is 0 Å². The van der Waals surface area contributed by atoms with Gasteiger partial charge in [-0.15, -0.1) is 0 Å². The molecule has 112 valence electrons. The van der Waals surface area contributed by atoms with Gasteiger partial charge in [0.15, 0.2) is 9.84 Å². The highest BCUT2D eigenvalue weighted by Crippen LogP contribution is 2.20. The van der Waals surface area contributed by atoms with Crippen LogP contribution in [0.15, 0.2) is 59.5 Å². The second-order valence-electron chi connectivity index (χ2n) is 5.36. The molecule has 1 N–H and O–H groups in total. The Morgan fingerprint density at radius 3 is 1.76 bits per heavy atom. The van der Waals surface area contributed by atoms with Crippen molar-refractivity contribution in [3.8, 4) is 0 Å². The van der Waals surface area contributed by atoms with E-state index in [1.54, 1.807) is 12.1 Å². The molecule has 0 aromatic heterocycles. The van der Waals surface area contributed by atoms with Crippen molar-refractivity contribution in [3.05, 3.63) is 65.7 Å². The summed E-state index contributed by atoms with van der Waals surface area (Å²) in [5.41, 5.74) is 2.31. The zero-order valence-corrected chi connectivity index (χ0v) is 13.4. The molecule has 0 saturated heterocycles. The molecule has 0 aliphatic heterocycles. The third kappa shape index (κ3) is 4.16. The zero-order valence-electron chi connectivity index (χ0n) is 12.6. The monoisotopic (exact) mass is 303 g/mol. The van der Waals surface area contributed by atoms with Gasteiger partial charge in [0.05, 0.1) is 4.90 Å². The molecule has 2 atom stereocenters. The Labute approximate surface area is 126 Å². The molecule has 0 heterocycles. The van der Waals surface area contributed by atoms with Gasteiger partial charge in [0.1, 0.15) is 0 Å². The molecule has 0 radical (unpaired) electrons. The maximum Gasteiger partial charge on any atom is 0.175 e. The lowest BCUT2D eigenvalue weighted by Gasteiger charge is -2.21. The molecule has 0 fully saturated rings. The van der Waals surface area contributed by atoms with E-state index in [2.05, 4.69) is 31.3 Å². The second-order valence-corrected chi connectivity index (χ2v) is 7.38. The number of nitrogens with one attached hydrogen (secondary N) is 1. The summed E-state index contributed by atoms with van der Waals surface area (Å²) in [5.74, 6) is 0. The van der Waals surface area contributed by atoms with Crippen LogP contribution in [0.1, 0.15) is 37.1 Å². The van der Waals surface area contributed by atoms with Crippen molar-refractivity contribution in [3.63, 3.8) is 0 Å². The number of rotatable bonds is 5. The Morgan fingerprint density at radius 1 is 0.810 bits per heavy atom. The molecule has 0 aliphatic rings. The van der Waals surface area contributed by atoms with Crippen molar-refractivity contribution in [2.45, 2.75) is 30.8 Å². The number of hydrogen-bond donors (Lipinski definition) is 1. The van der Waals surface area contributed by atoms with Crippen LogP contribution in [-0.2, 0) is 9.84 Å². The summed E-state index contributed by atoms with van der Waals surface area (Å²) in [4.78, 5) is 0.356. The molecule has 0 saturated carbocycles. The maximum atomic E-state index is 11.5. The van der Waals surface area contributed by atoms with Crippen LogP contribution < -0.4 is 5.32 Å². The van der Waals surface area contributed by atoms with E-state index in [0.29, 0.717) is 4.90 Å². The molecular formula is C17H21NO2S. The van der Waals surface area contributed by atoms with E-state index >= 15 is 0 Å². The molecule has 0 spiro atoms. The maximum absolute atomic E-state index is 11.5. The van der Waals surface area contributed by atoms with Crippen LogP contribution in [0.3, 0.4) is 0 Å².